The summed E-state index contributed by atoms with van der Waals surface area (Å²) in [6.07, 6.45) is 0.363. The normalized spacial score (nSPS) is 11.9. The van der Waals surface area contributed by atoms with E-state index in [0.717, 1.165) is 11.1 Å². The SMILES string of the molecule is NC(=O)[C@H](Cc1ccccc1)NC(=O)CNC(=O)[C@H](Cc1ccccc1)NC(=O)CNC(=O)c1ccccc1. The molecule has 0 aliphatic rings. The fraction of sp³-hybridized carbons (Fsp3) is 0.207. The summed E-state index contributed by atoms with van der Waals surface area (Å²) in [5.74, 6) is -2.91. The largest absolute Gasteiger partial charge is 0.368 e. The van der Waals surface area contributed by atoms with Gasteiger partial charge in [-0.2, -0.15) is 0 Å². The molecule has 3 aromatic carbocycles. The van der Waals surface area contributed by atoms with Crippen molar-refractivity contribution in [2.45, 2.75) is 24.9 Å². The molecule has 0 aromatic heterocycles. The van der Waals surface area contributed by atoms with Gasteiger partial charge in [-0.25, -0.2) is 0 Å². The maximum Gasteiger partial charge on any atom is 0.251 e. The molecule has 0 fully saturated rings. The standard InChI is InChI=1S/C29H31N5O5/c30-27(37)23(16-20-10-4-1-5-11-20)33-25(35)19-32-29(39)24(17-21-12-6-2-7-13-21)34-26(36)18-31-28(38)22-14-8-3-9-15-22/h1-15,23-24H,16-19H2,(H2,30,37)(H,31,38)(H,32,39)(H,33,35)(H,34,36)/t23-,24-/m0/s1. The Balaban J connectivity index is 1.56. The molecule has 0 saturated heterocycles. The van der Waals surface area contributed by atoms with Crippen LogP contribution in [0, 0.1) is 0 Å². The quantitative estimate of drug-likeness (QED) is 0.217. The number of carbonyl (C=O) groups excluding carboxylic acids is 5. The number of nitrogens with one attached hydrogen (secondary N) is 4. The van der Waals surface area contributed by atoms with Gasteiger partial charge in [0.25, 0.3) is 5.91 Å². The molecule has 3 rings (SSSR count). The maximum absolute atomic E-state index is 13.0. The first-order valence-electron chi connectivity index (χ1n) is 12.4. The second kappa shape index (κ2) is 14.7. The summed E-state index contributed by atoms with van der Waals surface area (Å²) in [5, 5.41) is 10.2. The fourth-order valence-corrected chi connectivity index (χ4v) is 3.77. The van der Waals surface area contributed by atoms with Crippen LogP contribution in [0.3, 0.4) is 0 Å². The summed E-state index contributed by atoms with van der Waals surface area (Å²) in [5.41, 5.74) is 7.45. The first-order valence-corrected chi connectivity index (χ1v) is 12.4. The second-order valence-corrected chi connectivity index (χ2v) is 8.79. The van der Waals surface area contributed by atoms with Crippen LogP contribution in [0.15, 0.2) is 91.0 Å². The number of rotatable bonds is 13. The Labute approximate surface area is 226 Å². The van der Waals surface area contributed by atoms with E-state index in [1.54, 1.807) is 54.6 Å². The van der Waals surface area contributed by atoms with Gasteiger partial charge in [0.05, 0.1) is 13.1 Å². The average molecular weight is 530 g/mol. The van der Waals surface area contributed by atoms with Crippen LogP contribution < -0.4 is 27.0 Å². The van der Waals surface area contributed by atoms with Gasteiger partial charge in [0.2, 0.25) is 23.6 Å². The number of hydrogen-bond donors (Lipinski definition) is 5. The monoisotopic (exact) mass is 529 g/mol. The zero-order chi connectivity index (χ0) is 28.0. The van der Waals surface area contributed by atoms with Gasteiger partial charge in [-0.1, -0.05) is 78.9 Å². The van der Waals surface area contributed by atoms with Crippen molar-refractivity contribution < 1.29 is 24.0 Å². The number of primary amides is 1. The molecule has 0 bridgehead atoms. The molecule has 10 nitrogen and oxygen atoms in total. The molecule has 0 radical (unpaired) electrons. The highest BCUT2D eigenvalue weighted by Crippen LogP contribution is 2.05. The lowest BCUT2D eigenvalue weighted by molar-refractivity contribution is -0.131. The molecule has 0 spiro atoms. The molecule has 202 valence electrons. The molecule has 0 saturated carbocycles. The highest BCUT2D eigenvalue weighted by atomic mass is 16.2. The Morgan fingerprint density at radius 1 is 0.590 bits per heavy atom. The third kappa shape index (κ3) is 9.77. The number of amides is 5. The van der Waals surface area contributed by atoms with Crippen LogP contribution in [0.4, 0.5) is 0 Å². The summed E-state index contributed by atoms with van der Waals surface area (Å²) in [6, 6.07) is 24.6. The molecular formula is C29H31N5O5. The molecule has 0 heterocycles. The lowest BCUT2D eigenvalue weighted by atomic mass is 10.0. The van der Waals surface area contributed by atoms with Crippen LogP contribution in [0.2, 0.25) is 0 Å². The minimum Gasteiger partial charge on any atom is -0.368 e. The van der Waals surface area contributed by atoms with E-state index < -0.39 is 48.2 Å². The predicted molar refractivity (Wildman–Crippen MR) is 145 cm³/mol. The molecule has 3 aromatic rings. The van der Waals surface area contributed by atoms with Crippen molar-refractivity contribution in [3.05, 3.63) is 108 Å². The van der Waals surface area contributed by atoms with Crippen molar-refractivity contribution in [1.82, 2.24) is 21.3 Å². The predicted octanol–water partition coefficient (Wildman–Crippen LogP) is 0.473. The molecule has 10 heteroatoms. The molecule has 0 aliphatic heterocycles. The topological polar surface area (TPSA) is 159 Å². The van der Waals surface area contributed by atoms with E-state index in [0.29, 0.717) is 5.56 Å². The van der Waals surface area contributed by atoms with Crippen LogP contribution in [0.1, 0.15) is 21.5 Å². The molecule has 0 aliphatic carbocycles. The van der Waals surface area contributed by atoms with E-state index in [1.165, 1.54) is 0 Å². The highest BCUT2D eigenvalue weighted by Gasteiger charge is 2.23. The second-order valence-electron chi connectivity index (χ2n) is 8.79. The van der Waals surface area contributed by atoms with Crippen molar-refractivity contribution in [1.29, 1.82) is 0 Å². The van der Waals surface area contributed by atoms with E-state index >= 15 is 0 Å². The molecule has 2 atom stereocenters. The molecule has 39 heavy (non-hydrogen) atoms. The van der Waals surface area contributed by atoms with E-state index in [1.807, 2.05) is 36.4 Å². The number of nitrogens with two attached hydrogens (primary N) is 1. The smallest absolute Gasteiger partial charge is 0.251 e. The first-order chi connectivity index (χ1) is 18.8. The van der Waals surface area contributed by atoms with Crippen molar-refractivity contribution in [3.8, 4) is 0 Å². The Bertz CT molecular complexity index is 1270. The third-order valence-electron chi connectivity index (χ3n) is 5.76. The van der Waals surface area contributed by atoms with Crippen molar-refractivity contribution in [2.24, 2.45) is 5.73 Å². The summed E-state index contributed by atoms with van der Waals surface area (Å²) < 4.78 is 0. The molecule has 6 N–H and O–H groups in total. The van der Waals surface area contributed by atoms with Gasteiger partial charge in [-0.05, 0) is 23.3 Å². The Hall–Kier alpha value is -4.99. The Morgan fingerprint density at radius 2 is 1.03 bits per heavy atom. The fourth-order valence-electron chi connectivity index (χ4n) is 3.77. The van der Waals surface area contributed by atoms with Crippen molar-refractivity contribution >= 4 is 29.5 Å². The lowest BCUT2D eigenvalue weighted by Crippen LogP contribution is -2.53. The minimum absolute atomic E-state index is 0.157. The highest BCUT2D eigenvalue weighted by molar-refractivity contribution is 5.97. The first kappa shape index (κ1) is 28.6. The zero-order valence-electron chi connectivity index (χ0n) is 21.3. The third-order valence-corrected chi connectivity index (χ3v) is 5.76. The van der Waals surface area contributed by atoms with Gasteiger partial charge >= 0.3 is 0 Å². The summed E-state index contributed by atoms with van der Waals surface area (Å²) >= 11 is 0. The van der Waals surface area contributed by atoms with Gasteiger partial charge in [-0.15, -0.1) is 0 Å². The average Bonchev–Trinajstić information content (AvgIpc) is 2.95. The van der Waals surface area contributed by atoms with E-state index in [2.05, 4.69) is 21.3 Å². The summed E-state index contributed by atoms with van der Waals surface area (Å²) in [4.78, 5) is 62.1. The van der Waals surface area contributed by atoms with E-state index in [9.17, 15) is 24.0 Å². The van der Waals surface area contributed by atoms with Crippen LogP contribution in [0.25, 0.3) is 0 Å². The van der Waals surface area contributed by atoms with Crippen molar-refractivity contribution in [3.63, 3.8) is 0 Å². The van der Waals surface area contributed by atoms with Gasteiger partial charge in [0.1, 0.15) is 12.1 Å². The van der Waals surface area contributed by atoms with Gasteiger partial charge in [-0.3, -0.25) is 24.0 Å². The van der Waals surface area contributed by atoms with Crippen LogP contribution in [-0.4, -0.2) is 54.7 Å². The Morgan fingerprint density at radius 3 is 1.54 bits per heavy atom. The van der Waals surface area contributed by atoms with Gasteiger partial charge < -0.3 is 27.0 Å². The molecule has 5 amide bonds. The molecule has 0 unspecified atom stereocenters. The number of hydrogen-bond acceptors (Lipinski definition) is 5. The Kier molecular flexibility index (Phi) is 10.8. The number of benzene rings is 3. The van der Waals surface area contributed by atoms with Gasteiger partial charge in [0.15, 0.2) is 0 Å². The summed E-state index contributed by atoms with van der Waals surface area (Å²) in [7, 11) is 0. The number of carbonyl (C=O) groups is 5. The summed E-state index contributed by atoms with van der Waals surface area (Å²) in [6.45, 7) is -0.768. The van der Waals surface area contributed by atoms with E-state index in [-0.39, 0.29) is 19.4 Å². The minimum atomic E-state index is -1.02. The zero-order valence-corrected chi connectivity index (χ0v) is 21.3. The van der Waals surface area contributed by atoms with Crippen LogP contribution in [0.5, 0.6) is 0 Å². The maximum atomic E-state index is 13.0. The van der Waals surface area contributed by atoms with Crippen LogP contribution >= 0.6 is 0 Å². The lowest BCUT2D eigenvalue weighted by Gasteiger charge is -2.20. The van der Waals surface area contributed by atoms with Crippen LogP contribution in [-0.2, 0) is 32.0 Å². The van der Waals surface area contributed by atoms with Crippen molar-refractivity contribution in [2.75, 3.05) is 13.1 Å². The molecular weight excluding hydrogens is 498 g/mol. The van der Waals surface area contributed by atoms with Gasteiger partial charge in [0, 0.05) is 18.4 Å². The van der Waals surface area contributed by atoms with E-state index in [4.69, 9.17) is 5.73 Å².